The van der Waals surface area contributed by atoms with Gasteiger partial charge in [-0.3, -0.25) is 4.79 Å². The highest BCUT2D eigenvalue weighted by molar-refractivity contribution is 7.98. The number of rotatable bonds is 7. The van der Waals surface area contributed by atoms with Crippen molar-refractivity contribution in [1.29, 1.82) is 0 Å². The summed E-state index contributed by atoms with van der Waals surface area (Å²) in [4.78, 5) is 11.4. The van der Waals surface area contributed by atoms with Gasteiger partial charge in [0, 0.05) is 23.1 Å². The lowest BCUT2D eigenvalue weighted by molar-refractivity contribution is -0.141. The van der Waals surface area contributed by atoms with Gasteiger partial charge in [0.15, 0.2) is 0 Å². The molecule has 0 heterocycles. The number of thioether (sulfide) groups is 1. The second-order valence-corrected chi connectivity index (χ2v) is 6.30. The molecule has 0 bridgehead atoms. The van der Waals surface area contributed by atoms with Gasteiger partial charge < -0.3 is 15.2 Å². The number of carbonyl (C=O) groups is 1. The number of hydrogen-bond donors (Lipinski definition) is 1. The summed E-state index contributed by atoms with van der Waals surface area (Å²) in [5, 5.41) is 0. The average Bonchev–Trinajstić information content (AvgIpc) is 3.20. The molecule has 4 nitrogen and oxygen atoms in total. The van der Waals surface area contributed by atoms with Crippen molar-refractivity contribution in [1.82, 2.24) is 0 Å². The van der Waals surface area contributed by atoms with Gasteiger partial charge in [0.25, 0.3) is 0 Å². The molecule has 2 N–H and O–H groups in total. The standard InChI is InChI=1S/C15H21NO3S/c1-18-13-7-12(16)4-3-11(13)9-20-10-15(5-6-15)8-14(17)19-2/h3-4,7H,5-6,8-10,16H2,1-2H3. The predicted molar refractivity (Wildman–Crippen MR) is 81.9 cm³/mol. The first kappa shape index (κ1) is 15.0. The van der Waals surface area contributed by atoms with Crippen LogP contribution in [0, 0.1) is 5.41 Å². The number of nitrogen functional groups attached to an aromatic ring is 1. The minimum absolute atomic E-state index is 0.104. The number of esters is 1. The number of ether oxygens (including phenoxy) is 2. The lowest BCUT2D eigenvalue weighted by atomic mass is 10.1. The molecule has 0 spiro atoms. The molecule has 0 aromatic heterocycles. The topological polar surface area (TPSA) is 61.5 Å². The molecule has 1 saturated carbocycles. The van der Waals surface area contributed by atoms with E-state index in [-0.39, 0.29) is 11.4 Å². The van der Waals surface area contributed by atoms with Gasteiger partial charge in [-0.05, 0) is 30.1 Å². The average molecular weight is 295 g/mol. The minimum Gasteiger partial charge on any atom is -0.496 e. The van der Waals surface area contributed by atoms with E-state index in [9.17, 15) is 4.79 Å². The van der Waals surface area contributed by atoms with Crippen molar-refractivity contribution < 1.29 is 14.3 Å². The Morgan fingerprint density at radius 3 is 2.75 bits per heavy atom. The van der Waals surface area contributed by atoms with E-state index in [0.29, 0.717) is 12.1 Å². The van der Waals surface area contributed by atoms with Crippen molar-refractivity contribution in [2.24, 2.45) is 5.41 Å². The summed E-state index contributed by atoms with van der Waals surface area (Å²) in [5.41, 5.74) is 7.76. The van der Waals surface area contributed by atoms with Crippen molar-refractivity contribution >= 4 is 23.4 Å². The summed E-state index contributed by atoms with van der Waals surface area (Å²) < 4.78 is 10.1. The zero-order valence-corrected chi connectivity index (χ0v) is 12.8. The fourth-order valence-corrected chi connectivity index (χ4v) is 3.57. The Labute approximate surface area is 124 Å². The molecule has 5 heteroatoms. The third-order valence-corrected chi connectivity index (χ3v) is 5.01. The second-order valence-electron chi connectivity index (χ2n) is 5.32. The van der Waals surface area contributed by atoms with Gasteiger partial charge in [-0.25, -0.2) is 0 Å². The van der Waals surface area contributed by atoms with Crippen LogP contribution in [-0.2, 0) is 15.3 Å². The van der Waals surface area contributed by atoms with Gasteiger partial charge in [-0.15, -0.1) is 0 Å². The van der Waals surface area contributed by atoms with E-state index in [2.05, 4.69) is 0 Å². The zero-order valence-electron chi connectivity index (χ0n) is 12.0. The fraction of sp³-hybridized carbons (Fsp3) is 0.533. The lowest BCUT2D eigenvalue weighted by Crippen LogP contribution is -2.13. The maximum Gasteiger partial charge on any atom is 0.306 e. The Balaban J connectivity index is 1.86. The van der Waals surface area contributed by atoms with Crippen molar-refractivity contribution in [3.8, 4) is 5.75 Å². The molecule has 1 aromatic carbocycles. The van der Waals surface area contributed by atoms with Crippen LogP contribution in [0.2, 0.25) is 0 Å². The molecule has 0 aliphatic heterocycles. The highest BCUT2D eigenvalue weighted by Gasteiger charge is 2.44. The SMILES string of the molecule is COC(=O)CC1(CSCc2ccc(N)cc2OC)CC1. The maximum atomic E-state index is 11.4. The molecule has 0 atom stereocenters. The van der Waals surface area contributed by atoms with Gasteiger partial charge in [0.1, 0.15) is 5.75 Å². The van der Waals surface area contributed by atoms with Gasteiger partial charge >= 0.3 is 5.97 Å². The number of nitrogens with two attached hydrogens (primary N) is 1. The second kappa shape index (κ2) is 6.39. The Morgan fingerprint density at radius 1 is 1.40 bits per heavy atom. The predicted octanol–water partition coefficient (Wildman–Crippen LogP) is 2.85. The van der Waals surface area contributed by atoms with E-state index in [0.717, 1.165) is 35.7 Å². The van der Waals surface area contributed by atoms with Gasteiger partial charge in [-0.1, -0.05) is 6.07 Å². The van der Waals surface area contributed by atoms with E-state index < -0.39 is 0 Å². The van der Waals surface area contributed by atoms with Crippen LogP contribution in [0.4, 0.5) is 5.69 Å². The molecule has 20 heavy (non-hydrogen) atoms. The first-order chi connectivity index (χ1) is 9.58. The van der Waals surface area contributed by atoms with E-state index >= 15 is 0 Å². The summed E-state index contributed by atoms with van der Waals surface area (Å²) in [7, 11) is 3.10. The molecule has 110 valence electrons. The largest absolute Gasteiger partial charge is 0.496 e. The molecule has 0 amide bonds. The van der Waals surface area contributed by atoms with Crippen LogP contribution in [-0.4, -0.2) is 25.9 Å². The zero-order chi connectivity index (χ0) is 14.6. The van der Waals surface area contributed by atoms with Crippen LogP contribution >= 0.6 is 11.8 Å². The van der Waals surface area contributed by atoms with Crippen LogP contribution in [0.5, 0.6) is 5.75 Å². The van der Waals surface area contributed by atoms with Crippen LogP contribution in [0.15, 0.2) is 18.2 Å². The molecular formula is C15H21NO3S. The number of benzene rings is 1. The number of hydrogen-bond acceptors (Lipinski definition) is 5. The molecule has 0 radical (unpaired) electrons. The van der Waals surface area contributed by atoms with Gasteiger partial charge in [0.05, 0.1) is 20.6 Å². The highest BCUT2D eigenvalue weighted by atomic mass is 32.2. The highest BCUT2D eigenvalue weighted by Crippen LogP contribution is 2.51. The van der Waals surface area contributed by atoms with Crippen LogP contribution in [0.1, 0.15) is 24.8 Å². The van der Waals surface area contributed by atoms with Crippen LogP contribution in [0.3, 0.4) is 0 Å². The Bertz CT molecular complexity index is 486. The summed E-state index contributed by atoms with van der Waals surface area (Å²) in [6.45, 7) is 0. The Hall–Kier alpha value is -1.36. The molecular weight excluding hydrogens is 274 g/mol. The molecule has 2 rings (SSSR count). The van der Waals surface area contributed by atoms with Crippen molar-refractivity contribution in [2.45, 2.75) is 25.0 Å². The van der Waals surface area contributed by atoms with E-state index in [1.54, 1.807) is 7.11 Å². The minimum atomic E-state index is -0.104. The summed E-state index contributed by atoms with van der Waals surface area (Å²) in [6, 6.07) is 5.73. The Kier molecular flexibility index (Phi) is 4.81. The number of carbonyl (C=O) groups excluding carboxylic acids is 1. The van der Waals surface area contributed by atoms with Crippen LogP contribution in [0.25, 0.3) is 0 Å². The third-order valence-electron chi connectivity index (χ3n) is 3.68. The molecule has 0 saturated heterocycles. The van der Waals surface area contributed by atoms with Crippen LogP contribution < -0.4 is 10.5 Å². The quantitative estimate of drug-likeness (QED) is 0.619. The Morgan fingerprint density at radius 2 is 2.15 bits per heavy atom. The smallest absolute Gasteiger partial charge is 0.306 e. The molecule has 1 aliphatic carbocycles. The number of anilines is 1. The summed E-state index contributed by atoms with van der Waals surface area (Å²) in [6.07, 6.45) is 2.78. The van der Waals surface area contributed by atoms with Crippen molar-refractivity contribution in [3.05, 3.63) is 23.8 Å². The monoisotopic (exact) mass is 295 g/mol. The van der Waals surface area contributed by atoms with E-state index in [4.69, 9.17) is 15.2 Å². The van der Waals surface area contributed by atoms with Gasteiger partial charge in [-0.2, -0.15) is 11.8 Å². The van der Waals surface area contributed by atoms with Crippen molar-refractivity contribution in [2.75, 3.05) is 25.7 Å². The van der Waals surface area contributed by atoms with Crippen molar-refractivity contribution in [3.63, 3.8) is 0 Å². The first-order valence-electron chi connectivity index (χ1n) is 6.65. The molecule has 1 aliphatic rings. The normalized spacial score (nSPS) is 15.7. The lowest BCUT2D eigenvalue weighted by Gasteiger charge is -2.14. The third kappa shape index (κ3) is 3.82. The molecule has 1 fully saturated rings. The maximum absolute atomic E-state index is 11.4. The molecule has 1 aromatic rings. The summed E-state index contributed by atoms with van der Waals surface area (Å²) >= 11 is 1.84. The van der Waals surface area contributed by atoms with E-state index in [1.165, 1.54) is 7.11 Å². The molecule has 0 unspecified atom stereocenters. The summed E-state index contributed by atoms with van der Waals surface area (Å²) in [5.74, 6) is 2.57. The van der Waals surface area contributed by atoms with E-state index in [1.807, 2.05) is 30.0 Å². The van der Waals surface area contributed by atoms with Gasteiger partial charge in [0.2, 0.25) is 0 Å². The number of methoxy groups -OCH3 is 2. The fourth-order valence-electron chi connectivity index (χ4n) is 2.19. The first-order valence-corrected chi connectivity index (χ1v) is 7.81.